The highest BCUT2D eigenvalue weighted by Crippen LogP contribution is 2.38. The molecule has 0 radical (unpaired) electrons. The largest absolute Gasteiger partial charge is 0.311 e. The van der Waals surface area contributed by atoms with Crippen LogP contribution in [0.2, 0.25) is 0 Å². The summed E-state index contributed by atoms with van der Waals surface area (Å²) in [7, 11) is 0. The molecular formula is C48H42N2. The smallest absolute Gasteiger partial charge is 0.0466 e. The maximum Gasteiger partial charge on any atom is 0.0466 e. The SMILES string of the molecule is Cc1cc(C)cc(N(c2ccc(-c3ccc(C=Cc4ccc(N(c5ccccc5)c5ccccc5)cc4)cc3)cc2)c2cc(C)cc(C)c2)c1. The zero-order chi connectivity index (χ0) is 34.5. The Morgan fingerprint density at radius 1 is 0.300 bits per heavy atom. The van der Waals surface area contributed by atoms with E-state index in [0.29, 0.717) is 0 Å². The van der Waals surface area contributed by atoms with Gasteiger partial charge in [0.25, 0.3) is 0 Å². The van der Waals surface area contributed by atoms with E-state index in [1.165, 1.54) is 50.3 Å². The molecule has 0 bridgehead atoms. The van der Waals surface area contributed by atoms with Crippen LogP contribution in [0.25, 0.3) is 23.3 Å². The Balaban J connectivity index is 1.09. The molecule has 0 spiro atoms. The molecule has 0 heterocycles. The first-order chi connectivity index (χ1) is 24.4. The van der Waals surface area contributed by atoms with Gasteiger partial charge in [0.2, 0.25) is 0 Å². The fraction of sp³-hybridized carbons (Fsp3) is 0.0833. The van der Waals surface area contributed by atoms with Crippen molar-refractivity contribution in [3.8, 4) is 11.1 Å². The highest BCUT2D eigenvalue weighted by Gasteiger charge is 2.15. The Morgan fingerprint density at radius 2 is 0.600 bits per heavy atom. The molecule has 244 valence electrons. The number of rotatable bonds is 9. The average Bonchev–Trinajstić information content (AvgIpc) is 3.12. The molecule has 0 unspecified atom stereocenters. The molecule has 2 nitrogen and oxygen atoms in total. The summed E-state index contributed by atoms with van der Waals surface area (Å²) in [6.07, 6.45) is 4.36. The van der Waals surface area contributed by atoms with Crippen LogP contribution < -0.4 is 9.80 Å². The summed E-state index contributed by atoms with van der Waals surface area (Å²) in [5.74, 6) is 0. The number of hydrogen-bond donors (Lipinski definition) is 0. The van der Waals surface area contributed by atoms with Crippen LogP contribution in [-0.4, -0.2) is 0 Å². The summed E-state index contributed by atoms with van der Waals surface area (Å²) >= 11 is 0. The van der Waals surface area contributed by atoms with E-state index >= 15 is 0 Å². The lowest BCUT2D eigenvalue weighted by atomic mass is 10.0. The van der Waals surface area contributed by atoms with Gasteiger partial charge >= 0.3 is 0 Å². The quantitative estimate of drug-likeness (QED) is 0.144. The molecule has 7 aromatic carbocycles. The number of anilines is 6. The molecule has 0 saturated carbocycles. The minimum absolute atomic E-state index is 1.13. The molecule has 7 rings (SSSR count). The van der Waals surface area contributed by atoms with Crippen LogP contribution in [0.3, 0.4) is 0 Å². The van der Waals surface area contributed by atoms with Gasteiger partial charge in [0.05, 0.1) is 0 Å². The minimum atomic E-state index is 1.13. The predicted octanol–water partition coefficient (Wildman–Crippen LogP) is 13.7. The lowest BCUT2D eigenvalue weighted by molar-refractivity contribution is 1.23. The molecule has 0 atom stereocenters. The van der Waals surface area contributed by atoms with Crippen LogP contribution in [0.15, 0.2) is 170 Å². The molecule has 0 aliphatic rings. The van der Waals surface area contributed by atoms with Crippen molar-refractivity contribution in [1.82, 2.24) is 0 Å². The Kier molecular flexibility index (Phi) is 9.44. The number of benzene rings is 7. The Bertz CT molecular complexity index is 2080. The highest BCUT2D eigenvalue weighted by molar-refractivity contribution is 5.81. The highest BCUT2D eigenvalue weighted by atomic mass is 15.1. The summed E-state index contributed by atoms with van der Waals surface area (Å²) in [4.78, 5) is 4.65. The first-order valence-electron chi connectivity index (χ1n) is 17.3. The molecule has 50 heavy (non-hydrogen) atoms. The number of aryl methyl sites for hydroxylation is 4. The third-order valence-corrected chi connectivity index (χ3v) is 8.95. The fourth-order valence-corrected chi connectivity index (χ4v) is 6.72. The lowest BCUT2D eigenvalue weighted by Crippen LogP contribution is -2.11. The molecule has 2 heteroatoms. The van der Waals surface area contributed by atoms with Crippen LogP contribution in [0, 0.1) is 27.7 Å². The molecule has 0 N–H and O–H groups in total. The third-order valence-electron chi connectivity index (χ3n) is 8.95. The van der Waals surface area contributed by atoms with Crippen molar-refractivity contribution in [2.24, 2.45) is 0 Å². The van der Waals surface area contributed by atoms with Crippen LogP contribution in [0.5, 0.6) is 0 Å². The third kappa shape index (κ3) is 7.46. The summed E-state index contributed by atoms with van der Waals surface area (Å²) in [6, 6.07) is 61.0. The van der Waals surface area contributed by atoms with Crippen molar-refractivity contribution in [2.75, 3.05) is 9.80 Å². The van der Waals surface area contributed by atoms with E-state index < -0.39 is 0 Å². The zero-order valence-electron chi connectivity index (χ0n) is 29.2. The lowest BCUT2D eigenvalue weighted by Gasteiger charge is -2.27. The van der Waals surface area contributed by atoms with Crippen molar-refractivity contribution >= 4 is 46.3 Å². The van der Waals surface area contributed by atoms with E-state index in [1.807, 2.05) is 0 Å². The standard InChI is InChI=1S/C48H42N2/c1-35-29-36(2)32-47(31-35)50(48-33-37(3)30-38(4)34-48)46-27-23-42(24-28-46)41-21-17-39(18-22-41)15-16-40-19-25-45(26-20-40)49(43-11-7-5-8-12-43)44-13-9-6-10-14-44/h5-34H,1-4H3. The zero-order valence-corrected chi connectivity index (χ0v) is 29.2. The van der Waals surface area contributed by atoms with Gasteiger partial charge < -0.3 is 9.80 Å². The van der Waals surface area contributed by atoms with E-state index in [4.69, 9.17) is 0 Å². The second kappa shape index (κ2) is 14.6. The average molecular weight is 647 g/mol. The normalized spacial score (nSPS) is 11.1. The molecule has 7 aromatic rings. The van der Waals surface area contributed by atoms with Gasteiger partial charge in [-0.15, -0.1) is 0 Å². The van der Waals surface area contributed by atoms with Crippen LogP contribution in [0.1, 0.15) is 33.4 Å². The molecule has 0 aliphatic carbocycles. The van der Waals surface area contributed by atoms with Gasteiger partial charge in [0.15, 0.2) is 0 Å². The van der Waals surface area contributed by atoms with Gasteiger partial charge in [-0.1, -0.05) is 109 Å². The van der Waals surface area contributed by atoms with E-state index in [2.05, 4.69) is 220 Å². The second-order valence-corrected chi connectivity index (χ2v) is 13.1. The van der Waals surface area contributed by atoms with Gasteiger partial charge in [-0.2, -0.15) is 0 Å². The molecule has 0 saturated heterocycles. The van der Waals surface area contributed by atoms with E-state index in [-0.39, 0.29) is 0 Å². The fourth-order valence-electron chi connectivity index (χ4n) is 6.72. The van der Waals surface area contributed by atoms with E-state index in [9.17, 15) is 0 Å². The van der Waals surface area contributed by atoms with Gasteiger partial charge in [0.1, 0.15) is 0 Å². The monoisotopic (exact) mass is 646 g/mol. The Labute approximate surface area is 297 Å². The van der Waals surface area contributed by atoms with Gasteiger partial charge in [0, 0.05) is 34.1 Å². The van der Waals surface area contributed by atoms with E-state index in [0.717, 1.165) is 28.3 Å². The van der Waals surface area contributed by atoms with Crippen LogP contribution >= 0.6 is 0 Å². The maximum atomic E-state index is 2.37. The van der Waals surface area contributed by atoms with Crippen molar-refractivity contribution in [2.45, 2.75) is 27.7 Å². The number of para-hydroxylation sites is 2. The second-order valence-electron chi connectivity index (χ2n) is 13.1. The van der Waals surface area contributed by atoms with Crippen LogP contribution in [0.4, 0.5) is 34.1 Å². The first-order valence-corrected chi connectivity index (χ1v) is 17.3. The minimum Gasteiger partial charge on any atom is -0.311 e. The summed E-state index contributed by atoms with van der Waals surface area (Å²) in [5.41, 5.74) is 16.7. The van der Waals surface area contributed by atoms with Crippen molar-refractivity contribution in [3.63, 3.8) is 0 Å². The predicted molar refractivity (Wildman–Crippen MR) is 216 cm³/mol. The number of nitrogens with zero attached hydrogens (tertiary/aromatic N) is 2. The summed E-state index contributed by atoms with van der Waals surface area (Å²) in [5, 5.41) is 0. The van der Waals surface area contributed by atoms with Crippen molar-refractivity contribution < 1.29 is 0 Å². The number of hydrogen-bond acceptors (Lipinski definition) is 2. The van der Waals surface area contributed by atoms with Crippen molar-refractivity contribution in [1.29, 1.82) is 0 Å². The van der Waals surface area contributed by atoms with Gasteiger partial charge in [-0.3, -0.25) is 0 Å². The molecule has 0 aliphatic heterocycles. The van der Waals surface area contributed by atoms with Gasteiger partial charge in [-0.25, -0.2) is 0 Å². The topological polar surface area (TPSA) is 6.48 Å². The van der Waals surface area contributed by atoms with Gasteiger partial charge in [-0.05, 0) is 145 Å². The Morgan fingerprint density at radius 3 is 1.00 bits per heavy atom. The first kappa shape index (κ1) is 32.4. The molecular weight excluding hydrogens is 605 g/mol. The Hall–Kier alpha value is -6.12. The van der Waals surface area contributed by atoms with E-state index in [1.54, 1.807) is 0 Å². The maximum absolute atomic E-state index is 2.37. The summed E-state index contributed by atoms with van der Waals surface area (Å²) in [6.45, 7) is 8.67. The molecule has 0 amide bonds. The molecule has 0 fully saturated rings. The van der Waals surface area contributed by atoms with Crippen molar-refractivity contribution in [3.05, 3.63) is 203 Å². The summed E-state index contributed by atoms with van der Waals surface area (Å²) < 4.78 is 0. The molecule has 0 aromatic heterocycles. The van der Waals surface area contributed by atoms with Crippen LogP contribution in [-0.2, 0) is 0 Å².